The zero-order valence-corrected chi connectivity index (χ0v) is 12.2. The summed E-state index contributed by atoms with van der Waals surface area (Å²) in [5.41, 5.74) is 2.67. The Morgan fingerprint density at radius 2 is 1.62 bits per heavy atom. The van der Waals surface area contributed by atoms with Gasteiger partial charge in [-0.2, -0.15) is 0 Å². The van der Waals surface area contributed by atoms with Crippen molar-refractivity contribution >= 4 is 23.2 Å². The summed E-state index contributed by atoms with van der Waals surface area (Å²) < 4.78 is 40.5. The van der Waals surface area contributed by atoms with Crippen molar-refractivity contribution in [2.45, 2.75) is 12.5 Å². The van der Waals surface area contributed by atoms with Crippen molar-refractivity contribution in [1.82, 2.24) is 5.43 Å². The minimum atomic E-state index is -1.00. The summed E-state index contributed by atoms with van der Waals surface area (Å²) in [6.07, 6.45) is 0.160. The van der Waals surface area contributed by atoms with Crippen molar-refractivity contribution in [1.29, 1.82) is 0 Å². The maximum atomic E-state index is 13.8. The predicted molar refractivity (Wildman–Crippen MR) is 76.5 cm³/mol. The molecule has 0 fully saturated rings. The van der Waals surface area contributed by atoms with E-state index in [1.54, 1.807) is 18.2 Å². The average Bonchev–Trinajstić information content (AvgIpc) is 2.40. The van der Waals surface area contributed by atoms with E-state index in [1.807, 2.05) is 0 Å². The highest BCUT2D eigenvalue weighted by atomic mass is 35.5. The Bertz CT molecular complexity index is 642. The quantitative estimate of drug-likeness (QED) is 0.650. The van der Waals surface area contributed by atoms with Crippen LogP contribution < -0.4 is 11.3 Å². The van der Waals surface area contributed by atoms with E-state index in [2.05, 4.69) is 5.43 Å². The van der Waals surface area contributed by atoms with E-state index >= 15 is 0 Å². The fraction of sp³-hybridized carbons (Fsp3) is 0.143. The lowest BCUT2D eigenvalue weighted by Gasteiger charge is -2.18. The molecule has 0 aliphatic rings. The van der Waals surface area contributed by atoms with Crippen molar-refractivity contribution in [3.05, 3.63) is 69.0 Å². The van der Waals surface area contributed by atoms with Crippen LogP contribution in [0.15, 0.2) is 30.3 Å². The summed E-state index contributed by atoms with van der Waals surface area (Å²) in [5.74, 6) is 2.36. The van der Waals surface area contributed by atoms with Crippen LogP contribution in [0.5, 0.6) is 0 Å². The molecule has 0 saturated carbocycles. The monoisotopic (exact) mass is 334 g/mol. The maximum Gasteiger partial charge on any atom is 0.133 e. The lowest BCUT2D eigenvalue weighted by molar-refractivity contribution is 0.462. The van der Waals surface area contributed by atoms with Crippen LogP contribution in [-0.4, -0.2) is 0 Å². The molecule has 0 bridgehead atoms. The molecule has 0 saturated heterocycles. The smallest absolute Gasteiger partial charge is 0.133 e. The van der Waals surface area contributed by atoms with Crippen molar-refractivity contribution in [3.63, 3.8) is 0 Å². The number of hydrazine groups is 1. The topological polar surface area (TPSA) is 38.0 Å². The van der Waals surface area contributed by atoms with E-state index in [-0.39, 0.29) is 12.0 Å². The molecule has 21 heavy (non-hydrogen) atoms. The molecule has 0 aliphatic carbocycles. The van der Waals surface area contributed by atoms with Gasteiger partial charge in [0.15, 0.2) is 0 Å². The summed E-state index contributed by atoms with van der Waals surface area (Å²) >= 11 is 11.7. The number of halogens is 5. The fourth-order valence-corrected chi connectivity index (χ4v) is 2.35. The molecule has 2 aromatic rings. The third kappa shape index (κ3) is 3.68. The zero-order valence-electron chi connectivity index (χ0n) is 10.6. The number of rotatable bonds is 4. The molecular formula is C14H11Cl2F3N2. The molecule has 0 amide bonds. The van der Waals surface area contributed by atoms with Gasteiger partial charge in [0.2, 0.25) is 0 Å². The average molecular weight is 335 g/mol. The van der Waals surface area contributed by atoms with Crippen LogP contribution in [-0.2, 0) is 6.42 Å². The first-order valence-electron chi connectivity index (χ1n) is 5.97. The van der Waals surface area contributed by atoms with Gasteiger partial charge in [-0.15, -0.1) is 0 Å². The van der Waals surface area contributed by atoms with Gasteiger partial charge in [0.05, 0.1) is 16.1 Å². The Morgan fingerprint density at radius 3 is 2.14 bits per heavy atom. The van der Waals surface area contributed by atoms with Gasteiger partial charge in [0.1, 0.15) is 17.5 Å². The molecule has 2 nitrogen and oxygen atoms in total. The van der Waals surface area contributed by atoms with Gasteiger partial charge in [-0.05, 0) is 24.1 Å². The van der Waals surface area contributed by atoms with Gasteiger partial charge in [0.25, 0.3) is 0 Å². The van der Waals surface area contributed by atoms with Crippen LogP contribution in [0.1, 0.15) is 17.2 Å². The third-order valence-electron chi connectivity index (χ3n) is 3.02. The molecule has 0 radical (unpaired) electrons. The molecule has 1 unspecified atom stereocenters. The first kappa shape index (κ1) is 16.1. The van der Waals surface area contributed by atoms with Gasteiger partial charge in [-0.1, -0.05) is 29.3 Å². The Kier molecular flexibility index (Phi) is 5.11. The molecule has 2 rings (SSSR count). The second kappa shape index (κ2) is 6.66. The predicted octanol–water partition coefficient (Wildman–Crippen LogP) is 4.16. The van der Waals surface area contributed by atoms with Gasteiger partial charge in [-0.25, -0.2) is 13.2 Å². The van der Waals surface area contributed by atoms with Crippen LogP contribution in [0, 0.1) is 17.5 Å². The Morgan fingerprint density at radius 1 is 1.00 bits per heavy atom. The summed E-state index contributed by atoms with van der Waals surface area (Å²) in [5, 5.41) is 0.696. The summed E-state index contributed by atoms with van der Waals surface area (Å²) in [6, 6.07) is 5.16. The summed E-state index contributed by atoms with van der Waals surface area (Å²) in [7, 11) is 0. The van der Waals surface area contributed by atoms with E-state index in [9.17, 15) is 13.2 Å². The highest BCUT2D eigenvalue weighted by molar-refractivity contribution is 6.42. The summed E-state index contributed by atoms with van der Waals surface area (Å²) in [6.45, 7) is 0. The van der Waals surface area contributed by atoms with E-state index in [1.165, 1.54) is 0 Å². The van der Waals surface area contributed by atoms with Crippen molar-refractivity contribution in [2.24, 2.45) is 5.84 Å². The zero-order chi connectivity index (χ0) is 15.6. The van der Waals surface area contributed by atoms with Gasteiger partial charge in [-0.3, -0.25) is 11.3 Å². The molecule has 0 spiro atoms. The molecular weight excluding hydrogens is 324 g/mol. The van der Waals surface area contributed by atoms with Crippen molar-refractivity contribution in [2.75, 3.05) is 0 Å². The minimum absolute atomic E-state index is 0.160. The highest BCUT2D eigenvalue weighted by Crippen LogP contribution is 2.28. The van der Waals surface area contributed by atoms with E-state index in [0.717, 1.165) is 0 Å². The largest absolute Gasteiger partial charge is 0.271 e. The minimum Gasteiger partial charge on any atom is -0.271 e. The standard InChI is InChI=1S/C14H11Cl2F3N2/c15-9-2-1-7(3-10(9)16)4-13(21-20)14-11(18)5-8(17)6-12(14)19/h1-3,5-6,13,21H,4,20H2. The normalized spacial score (nSPS) is 12.5. The van der Waals surface area contributed by atoms with Crippen molar-refractivity contribution < 1.29 is 13.2 Å². The molecule has 7 heteroatoms. The van der Waals surface area contributed by atoms with Crippen LogP contribution in [0.3, 0.4) is 0 Å². The van der Waals surface area contributed by atoms with E-state index in [0.29, 0.717) is 27.7 Å². The number of hydrogen-bond acceptors (Lipinski definition) is 2. The molecule has 112 valence electrons. The molecule has 0 aliphatic heterocycles. The first-order chi connectivity index (χ1) is 9.92. The van der Waals surface area contributed by atoms with Crippen LogP contribution >= 0.6 is 23.2 Å². The molecule has 0 aromatic heterocycles. The lowest BCUT2D eigenvalue weighted by Crippen LogP contribution is -2.31. The Balaban J connectivity index is 2.34. The van der Waals surface area contributed by atoms with E-state index in [4.69, 9.17) is 29.0 Å². The molecule has 1 atom stereocenters. The second-order valence-electron chi connectivity index (χ2n) is 4.45. The molecule has 0 heterocycles. The number of nitrogens with one attached hydrogen (secondary N) is 1. The SMILES string of the molecule is NNC(Cc1ccc(Cl)c(Cl)c1)c1c(F)cc(F)cc1F. The Hall–Kier alpha value is -1.27. The maximum absolute atomic E-state index is 13.8. The fourth-order valence-electron chi connectivity index (χ4n) is 2.03. The number of hydrogen-bond donors (Lipinski definition) is 2. The third-order valence-corrected chi connectivity index (χ3v) is 3.76. The first-order valence-corrected chi connectivity index (χ1v) is 6.72. The Labute approximate surface area is 129 Å². The highest BCUT2D eigenvalue weighted by Gasteiger charge is 2.21. The van der Waals surface area contributed by atoms with Crippen molar-refractivity contribution in [3.8, 4) is 0 Å². The van der Waals surface area contributed by atoms with Gasteiger partial charge in [0, 0.05) is 17.7 Å². The molecule has 2 aromatic carbocycles. The summed E-state index contributed by atoms with van der Waals surface area (Å²) in [4.78, 5) is 0. The lowest BCUT2D eigenvalue weighted by atomic mass is 9.98. The van der Waals surface area contributed by atoms with Crippen LogP contribution in [0.4, 0.5) is 13.2 Å². The van der Waals surface area contributed by atoms with E-state index < -0.39 is 23.5 Å². The molecule has 3 N–H and O–H groups in total. The van der Waals surface area contributed by atoms with Gasteiger partial charge < -0.3 is 0 Å². The van der Waals surface area contributed by atoms with Crippen LogP contribution in [0.25, 0.3) is 0 Å². The number of nitrogens with two attached hydrogens (primary N) is 1. The number of benzene rings is 2. The van der Waals surface area contributed by atoms with Crippen LogP contribution in [0.2, 0.25) is 10.0 Å². The second-order valence-corrected chi connectivity index (χ2v) is 5.27. The van der Waals surface area contributed by atoms with Gasteiger partial charge >= 0.3 is 0 Å².